The molecule has 1 fully saturated rings. The molecule has 4 rings (SSSR count). The predicted molar refractivity (Wildman–Crippen MR) is 93.9 cm³/mol. The molecular formula is C17H24N4S. The zero-order valence-electron chi connectivity index (χ0n) is 13.6. The second-order valence-electron chi connectivity index (χ2n) is 6.74. The van der Waals surface area contributed by atoms with Crippen LogP contribution in [0.4, 0.5) is 5.00 Å². The van der Waals surface area contributed by atoms with Crippen molar-refractivity contribution >= 4 is 27.9 Å². The number of aliphatic imine (C=N–C) groups is 1. The fourth-order valence-corrected chi connectivity index (χ4v) is 5.06. The SMILES string of the molecule is C=C1c2c(sc3c2CCN(C)C3)N=C2CN(C)CCCCN12. The van der Waals surface area contributed by atoms with Crippen molar-refractivity contribution in [3.8, 4) is 0 Å². The van der Waals surface area contributed by atoms with Crippen molar-refractivity contribution in [2.45, 2.75) is 25.8 Å². The maximum Gasteiger partial charge on any atom is 0.128 e. The molecule has 0 spiro atoms. The number of hydrogen-bond donors (Lipinski definition) is 0. The highest BCUT2D eigenvalue weighted by Crippen LogP contribution is 2.45. The van der Waals surface area contributed by atoms with E-state index in [4.69, 9.17) is 4.99 Å². The van der Waals surface area contributed by atoms with Gasteiger partial charge in [0.15, 0.2) is 0 Å². The molecule has 1 aromatic rings. The van der Waals surface area contributed by atoms with Gasteiger partial charge in [0, 0.05) is 35.8 Å². The lowest BCUT2D eigenvalue weighted by Crippen LogP contribution is -2.42. The molecule has 0 atom stereocenters. The van der Waals surface area contributed by atoms with Gasteiger partial charge in [-0.25, -0.2) is 4.99 Å². The molecule has 0 N–H and O–H groups in total. The lowest BCUT2D eigenvalue weighted by Gasteiger charge is -2.36. The van der Waals surface area contributed by atoms with Gasteiger partial charge in [0.25, 0.3) is 0 Å². The molecule has 3 aliphatic heterocycles. The van der Waals surface area contributed by atoms with E-state index >= 15 is 0 Å². The van der Waals surface area contributed by atoms with E-state index in [1.165, 1.54) is 45.4 Å². The average Bonchev–Trinajstić information content (AvgIpc) is 2.81. The number of fused-ring (bicyclic) bond motifs is 4. The third-order valence-electron chi connectivity index (χ3n) is 4.97. The van der Waals surface area contributed by atoms with Gasteiger partial charge in [-0.2, -0.15) is 0 Å². The summed E-state index contributed by atoms with van der Waals surface area (Å²) in [6.45, 7) is 9.82. The third-order valence-corrected chi connectivity index (χ3v) is 6.08. The highest BCUT2D eigenvalue weighted by Gasteiger charge is 2.31. The number of thiophene rings is 1. The summed E-state index contributed by atoms with van der Waals surface area (Å²) < 4.78 is 0. The molecule has 0 aromatic carbocycles. The molecule has 4 heterocycles. The highest BCUT2D eigenvalue weighted by molar-refractivity contribution is 7.16. The number of likely N-dealkylation sites (N-methyl/N-ethyl adjacent to an activating group) is 2. The van der Waals surface area contributed by atoms with Crippen molar-refractivity contribution in [2.75, 3.05) is 40.3 Å². The zero-order chi connectivity index (χ0) is 15.3. The molecule has 118 valence electrons. The van der Waals surface area contributed by atoms with E-state index in [0.717, 1.165) is 39.1 Å². The largest absolute Gasteiger partial charge is 0.329 e. The van der Waals surface area contributed by atoms with Crippen molar-refractivity contribution in [1.29, 1.82) is 0 Å². The Labute approximate surface area is 136 Å². The van der Waals surface area contributed by atoms with E-state index in [-0.39, 0.29) is 0 Å². The summed E-state index contributed by atoms with van der Waals surface area (Å²) in [5.74, 6) is 1.19. The van der Waals surface area contributed by atoms with E-state index in [0.29, 0.717) is 0 Å². The molecule has 4 nitrogen and oxygen atoms in total. The van der Waals surface area contributed by atoms with Crippen LogP contribution >= 0.6 is 11.3 Å². The minimum atomic E-state index is 0.931. The average molecular weight is 316 g/mol. The third kappa shape index (κ3) is 2.32. The van der Waals surface area contributed by atoms with Gasteiger partial charge in [-0.05, 0) is 45.5 Å². The molecule has 5 heteroatoms. The lowest BCUT2D eigenvalue weighted by atomic mass is 9.99. The van der Waals surface area contributed by atoms with E-state index in [1.54, 1.807) is 0 Å². The van der Waals surface area contributed by atoms with E-state index in [1.807, 2.05) is 11.3 Å². The summed E-state index contributed by atoms with van der Waals surface area (Å²) in [5.41, 5.74) is 4.05. The minimum Gasteiger partial charge on any atom is -0.329 e. The number of hydrogen-bond acceptors (Lipinski definition) is 5. The van der Waals surface area contributed by atoms with Crippen molar-refractivity contribution in [3.63, 3.8) is 0 Å². The van der Waals surface area contributed by atoms with Crippen LogP contribution in [0.2, 0.25) is 0 Å². The summed E-state index contributed by atoms with van der Waals surface area (Å²) in [4.78, 5) is 13.7. The van der Waals surface area contributed by atoms with Crippen LogP contribution in [0.5, 0.6) is 0 Å². The first kappa shape index (κ1) is 14.4. The van der Waals surface area contributed by atoms with Gasteiger partial charge in [0.05, 0.1) is 6.54 Å². The Bertz CT molecular complexity index is 645. The molecule has 0 bridgehead atoms. The molecule has 0 amide bonds. The van der Waals surface area contributed by atoms with Crippen molar-refractivity contribution in [2.24, 2.45) is 4.99 Å². The first-order chi connectivity index (χ1) is 10.6. The maximum absolute atomic E-state index is 5.04. The van der Waals surface area contributed by atoms with Gasteiger partial charge in [-0.3, -0.25) is 4.90 Å². The van der Waals surface area contributed by atoms with Crippen LogP contribution in [0.15, 0.2) is 11.6 Å². The molecule has 3 aliphatic rings. The Morgan fingerprint density at radius 3 is 2.68 bits per heavy atom. The molecule has 0 radical (unpaired) electrons. The molecule has 0 saturated carbocycles. The molecule has 1 aromatic heterocycles. The Morgan fingerprint density at radius 2 is 1.82 bits per heavy atom. The van der Waals surface area contributed by atoms with Crippen molar-refractivity contribution in [3.05, 3.63) is 22.6 Å². The first-order valence-corrected chi connectivity index (χ1v) is 9.01. The van der Waals surface area contributed by atoms with Crippen LogP contribution in [0, 0.1) is 0 Å². The minimum absolute atomic E-state index is 0.931. The van der Waals surface area contributed by atoms with Crippen LogP contribution in [0.1, 0.15) is 28.8 Å². The van der Waals surface area contributed by atoms with Crippen LogP contribution in [0.3, 0.4) is 0 Å². The van der Waals surface area contributed by atoms with Crippen LogP contribution < -0.4 is 0 Å². The van der Waals surface area contributed by atoms with Gasteiger partial charge < -0.3 is 9.80 Å². The smallest absolute Gasteiger partial charge is 0.128 e. The lowest BCUT2D eigenvalue weighted by molar-refractivity contribution is 0.316. The molecule has 1 saturated heterocycles. The molecular weight excluding hydrogens is 292 g/mol. The van der Waals surface area contributed by atoms with Gasteiger partial charge in [-0.1, -0.05) is 6.58 Å². The van der Waals surface area contributed by atoms with Crippen molar-refractivity contribution in [1.82, 2.24) is 14.7 Å². The zero-order valence-corrected chi connectivity index (χ0v) is 14.4. The summed E-state index contributed by atoms with van der Waals surface area (Å²) >= 11 is 1.88. The first-order valence-electron chi connectivity index (χ1n) is 8.19. The van der Waals surface area contributed by atoms with Crippen molar-refractivity contribution < 1.29 is 0 Å². The van der Waals surface area contributed by atoms with Gasteiger partial charge >= 0.3 is 0 Å². The van der Waals surface area contributed by atoms with E-state index in [2.05, 4.69) is 35.4 Å². The Balaban J connectivity index is 1.77. The second-order valence-corrected chi connectivity index (χ2v) is 7.83. The summed E-state index contributed by atoms with van der Waals surface area (Å²) in [6, 6.07) is 0. The fraction of sp³-hybridized carbons (Fsp3) is 0.588. The summed E-state index contributed by atoms with van der Waals surface area (Å²) in [7, 11) is 4.40. The van der Waals surface area contributed by atoms with Crippen LogP contribution in [0.25, 0.3) is 5.70 Å². The Kier molecular flexibility index (Phi) is 3.59. The molecule has 0 unspecified atom stereocenters. The number of nitrogens with zero attached hydrogens (tertiary/aromatic N) is 4. The van der Waals surface area contributed by atoms with Gasteiger partial charge in [0.2, 0.25) is 0 Å². The van der Waals surface area contributed by atoms with Crippen LogP contribution in [-0.2, 0) is 13.0 Å². The second kappa shape index (κ2) is 5.48. The standard InChI is InChI=1S/C17H24N4S/c1-12-16-13-6-9-20(3)10-14(13)22-17(16)18-15-11-19(2)7-4-5-8-21(12)15/h1,4-11H2,2-3H3. The molecule has 22 heavy (non-hydrogen) atoms. The van der Waals surface area contributed by atoms with Gasteiger partial charge in [-0.15, -0.1) is 11.3 Å². The Morgan fingerprint density at radius 1 is 1.05 bits per heavy atom. The predicted octanol–water partition coefficient (Wildman–Crippen LogP) is 2.78. The number of amidine groups is 1. The highest BCUT2D eigenvalue weighted by atomic mass is 32.1. The molecule has 0 aliphatic carbocycles. The summed E-state index contributed by atoms with van der Waals surface area (Å²) in [5, 5.41) is 1.20. The Hall–Kier alpha value is -1.17. The summed E-state index contributed by atoms with van der Waals surface area (Å²) in [6.07, 6.45) is 3.61. The monoisotopic (exact) mass is 316 g/mol. The maximum atomic E-state index is 5.04. The van der Waals surface area contributed by atoms with E-state index in [9.17, 15) is 0 Å². The fourth-order valence-electron chi connectivity index (χ4n) is 3.72. The number of rotatable bonds is 0. The quantitative estimate of drug-likeness (QED) is 0.735. The van der Waals surface area contributed by atoms with Crippen LogP contribution in [-0.4, -0.2) is 60.8 Å². The topological polar surface area (TPSA) is 22.1 Å². The normalized spacial score (nSPS) is 23.3. The van der Waals surface area contributed by atoms with Gasteiger partial charge in [0.1, 0.15) is 10.8 Å². The van der Waals surface area contributed by atoms with E-state index < -0.39 is 0 Å².